The number of hydrogen-bond donors (Lipinski definition) is 2. The van der Waals surface area contributed by atoms with E-state index in [9.17, 15) is 15.2 Å². The van der Waals surface area contributed by atoms with Crippen molar-refractivity contribution >= 4 is 17.0 Å². The fourth-order valence-electron chi connectivity index (χ4n) is 1.74. The summed E-state index contributed by atoms with van der Waals surface area (Å²) in [5, 5.41) is 26.6. The second kappa shape index (κ2) is 6.56. The number of nitro benzene ring substituents is 1. The Hall–Kier alpha value is -1.83. The van der Waals surface area contributed by atoms with Gasteiger partial charge in [0.2, 0.25) is 0 Å². The summed E-state index contributed by atoms with van der Waals surface area (Å²) in [6.45, 7) is 2.91. The molecule has 20 heavy (non-hydrogen) atoms. The minimum atomic E-state index is -0.697. The van der Waals surface area contributed by atoms with Crippen molar-refractivity contribution in [1.82, 2.24) is 10.3 Å². The van der Waals surface area contributed by atoms with Gasteiger partial charge in [0.05, 0.1) is 11.0 Å². The molecule has 0 radical (unpaired) electrons. The fourth-order valence-corrected chi connectivity index (χ4v) is 2.48. The average Bonchev–Trinajstić information content (AvgIpc) is 2.84. The summed E-state index contributed by atoms with van der Waals surface area (Å²) in [4.78, 5) is 14.4. The standard InChI is InChI=1S/C13H15N3O3S/c1-9-8-20-13(15-9)7-14-6-12(17)10-2-4-11(5-3-10)16(18)19/h2-5,8,12,14,17H,6-7H2,1H3. The number of nitrogens with zero attached hydrogens (tertiary/aromatic N) is 2. The average molecular weight is 293 g/mol. The van der Waals surface area contributed by atoms with E-state index in [0.717, 1.165) is 10.7 Å². The van der Waals surface area contributed by atoms with E-state index in [1.807, 2.05) is 12.3 Å². The van der Waals surface area contributed by atoms with Gasteiger partial charge in [-0.05, 0) is 24.6 Å². The molecule has 0 aliphatic heterocycles. The lowest BCUT2D eigenvalue weighted by Crippen LogP contribution is -2.21. The van der Waals surface area contributed by atoms with Crippen LogP contribution in [0, 0.1) is 17.0 Å². The third kappa shape index (κ3) is 3.83. The molecule has 6 nitrogen and oxygen atoms in total. The number of benzene rings is 1. The number of thiazole rings is 1. The largest absolute Gasteiger partial charge is 0.387 e. The first-order chi connectivity index (χ1) is 9.56. The molecule has 1 aromatic heterocycles. The first kappa shape index (κ1) is 14.6. The molecule has 0 spiro atoms. The van der Waals surface area contributed by atoms with Gasteiger partial charge in [-0.2, -0.15) is 0 Å². The van der Waals surface area contributed by atoms with E-state index in [0.29, 0.717) is 18.7 Å². The summed E-state index contributed by atoms with van der Waals surface area (Å²) in [6.07, 6.45) is -0.697. The molecular formula is C13H15N3O3S. The number of rotatable bonds is 6. The van der Waals surface area contributed by atoms with Crippen LogP contribution in [-0.4, -0.2) is 21.6 Å². The second-order valence-corrected chi connectivity index (χ2v) is 5.32. The minimum absolute atomic E-state index is 0.0205. The van der Waals surface area contributed by atoms with Crippen LogP contribution in [0.4, 0.5) is 5.69 Å². The van der Waals surface area contributed by atoms with Crippen LogP contribution in [0.25, 0.3) is 0 Å². The van der Waals surface area contributed by atoms with Gasteiger partial charge in [0, 0.05) is 36.3 Å². The lowest BCUT2D eigenvalue weighted by Gasteiger charge is -2.11. The van der Waals surface area contributed by atoms with Crippen LogP contribution >= 0.6 is 11.3 Å². The molecule has 0 aliphatic rings. The number of aromatic nitrogens is 1. The molecule has 0 amide bonds. The molecule has 7 heteroatoms. The van der Waals surface area contributed by atoms with Crippen LogP contribution in [0.3, 0.4) is 0 Å². The Morgan fingerprint density at radius 1 is 1.45 bits per heavy atom. The number of aliphatic hydroxyl groups is 1. The van der Waals surface area contributed by atoms with Crippen molar-refractivity contribution in [3.8, 4) is 0 Å². The highest BCUT2D eigenvalue weighted by Crippen LogP contribution is 2.17. The molecule has 0 fully saturated rings. The third-order valence-electron chi connectivity index (χ3n) is 2.77. The van der Waals surface area contributed by atoms with E-state index in [-0.39, 0.29) is 5.69 Å². The molecule has 1 unspecified atom stereocenters. The zero-order valence-electron chi connectivity index (χ0n) is 10.9. The Labute approximate surface area is 120 Å². The molecule has 0 bridgehead atoms. The van der Waals surface area contributed by atoms with Gasteiger partial charge < -0.3 is 10.4 Å². The van der Waals surface area contributed by atoms with Crippen LogP contribution in [0.15, 0.2) is 29.6 Å². The lowest BCUT2D eigenvalue weighted by molar-refractivity contribution is -0.384. The topological polar surface area (TPSA) is 88.3 Å². The molecule has 2 N–H and O–H groups in total. The van der Waals surface area contributed by atoms with Crippen molar-refractivity contribution < 1.29 is 10.0 Å². The van der Waals surface area contributed by atoms with E-state index in [2.05, 4.69) is 10.3 Å². The molecule has 0 saturated heterocycles. The van der Waals surface area contributed by atoms with E-state index in [4.69, 9.17) is 0 Å². The molecule has 0 aliphatic carbocycles. The molecule has 0 saturated carbocycles. The summed E-state index contributed by atoms with van der Waals surface area (Å²) < 4.78 is 0. The maximum Gasteiger partial charge on any atom is 0.269 e. The maximum absolute atomic E-state index is 10.5. The second-order valence-electron chi connectivity index (χ2n) is 4.38. The number of aliphatic hydroxyl groups excluding tert-OH is 1. The minimum Gasteiger partial charge on any atom is -0.387 e. The molecule has 1 heterocycles. The van der Waals surface area contributed by atoms with Crippen molar-refractivity contribution in [2.45, 2.75) is 19.6 Å². The molecule has 2 rings (SSSR count). The van der Waals surface area contributed by atoms with Crippen molar-refractivity contribution in [2.75, 3.05) is 6.54 Å². The first-order valence-corrected chi connectivity index (χ1v) is 6.98. The van der Waals surface area contributed by atoms with Gasteiger partial charge in [-0.1, -0.05) is 0 Å². The highest BCUT2D eigenvalue weighted by Gasteiger charge is 2.10. The first-order valence-electron chi connectivity index (χ1n) is 6.10. The Bertz CT molecular complexity index is 583. The van der Waals surface area contributed by atoms with Crippen LogP contribution in [-0.2, 0) is 6.54 Å². The molecule has 1 atom stereocenters. The Balaban J connectivity index is 1.85. The summed E-state index contributed by atoms with van der Waals surface area (Å²) in [6, 6.07) is 5.92. The highest BCUT2D eigenvalue weighted by molar-refractivity contribution is 7.09. The van der Waals surface area contributed by atoms with Crippen molar-refractivity contribution in [3.63, 3.8) is 0 Å². The van der Waals surface area contributed by atoms with Gasteiger partial charge in [-0.25, -0.2) is 4.98 Å². The zero-order chi connectivity index (χ0) is 14.5. The van der Waals surface area contributed by atoms with Gasteiger partial charge in [0.15, 0.2) is 0 Å². The van der Waals surface area contributed by atoms with E-state index < -0.39 is 11.0 Å². The maximum atomic E-state index is 10.5. The smallest absolute Gasteiger partial charge is 0.269 e. The van der Waals surface area contributed by atoms with Gasteiger partial charge in [0.1, 0.15) is 5.01 Å². The van der Waals surface area contributed by atoms with E-state index >= 15 is 0 Å². The molecule has 2 aromatic rings. The quantitative estimate of drug-likeness (QED) is 0.629. The van der Waals surface area contributed by atoms with Crippen molar-refractivity contribution in [1.29, 1.82) is 0 Å². The number of non-ortho nitro benzene ring substituents is 1. The van der Waals surface area contributed by atoms with Crippen LogP contribution in [0.2, 0.25) is 0 Å². The molecule has 1 aromatic carbocycles. The fraction of sp³-hybridized carbons (Fsp3) is 0.308. The Kier molecular flexibility index (Phi) is 4.78. The summed E-state index contributed by atoms with van der Waals surface area (Å²) in [5.41, 5.74) is 1.66. The summed E-state index contributed by atoms with van der Waals surface area (Å²) in [7, 11) is 0. The van der Waals surface area contributed by atoms with E-state index in [1.54, 1.807) is 23.5 Å². The SMILES string of the molecule is Cc1csc(CNCC(O)c2ccc([N+](=O)[O-])cc2)n1. The van der Waals surface area contributed by atoms with Crippen LogP contribution < -0.4 is 5.32 Å². The number of hydrogen-bond acceptors (Lipinski definition) is 6. The van der Waals surface area contributed by atoms with Crippen LogP contribution in [0.5, 0.6) is 0 Å². The van der Waals surface area contributed by atoms with Crippen LogP contribution in [0.1, 0.15) is 22.4 Å². The predicted octanol–water partition coefficient (Wildman–Crippen LogP) is 2.18. The number of nitrogens with one attached hydrogen (secondary N) is 1. The molecular weight excluding hydrogens is 278 g/mol. The van der Waals surface area contributed by atoms with Crippen molar-refractivity contribution in [2.24, 2.45) is 0 Å². The normalized spacial score (nSPS) is 12.3. The number of nitro groups is 1. The predicted molar refractivity (Wildman–Crippen MR) is 76.6 cm³/mol. The number of aryl methyl sites for hydroxylation is 1. The Morgan fingerprint density at radius 3 is 2.70 bits per heavy atom. The van der Waals surface area contributed by atoms with Gasteiger partial charge in [-0.3, -0.25) is 10.1 Å². The third-order valence-corrected chi connectivity index (χ3v) is 3.74. The van der Waals surface area contributed by atoms with Gasteiger partial charge in [0.25, 0.3) is 5.69 Å². The zero-order valence-corrected chi connectivity index (χ0v) is 11.8. The molecule has 106 valence electrons. The van der Waals surface area contributed by atoms with Crippen molar-refractivity contribution in [3.05, 3.63) is 56.0 Å². The highest BCUT2D eigenvalue weighted by atomic mass is 32.1. The summed E-state index contributed by atoms with van der Waals surface area (Å²) in [5.74, 6) is 0. The van der Waals surface area contributed by atoms with Gasteiger partial charge >= 0.3 is 0 Å². The van der Waals surface area contributed by atoms with E-state index in [1.165, 1.54) is 12.1 Å². The van der Waals surface area contributed by atoms with Gasteiger partial charge in [-0.15, -0.1) is 11.3 Å². The summed E-state index contributed by atoms with van der Waals surface area (Å²) >= 11 is 1.57. The lowest BCUT2D eigenvalue weighted by atomic mass is 10.1. The Morgan fingerprint density at radius 2 is 2.15 bits per heavy atom. The monoisotopic (exact) mass is 293 g/mol.